The van der Waals surface area contributed by atoms with Crippen LogP contribution < -0.4 is 10.6 Å². The SMILES string of the molecule is CCNC(=NCC1CCN(C)CC1)NCC1CCCOC1c1ccc(C)cc1.I. The quantitative estimate of drug-likeness (QED) is 0.343. The van der Waals surface area contributed by atoms with Crippen molar-refractivity contribution < 1.29 is 4.74 Å². The Balaban J connectivity index is 0.00000300. The Morgan fingerprint density at radius 3 is 2.55 bits per heavy atom. The molecule has 0 radical (unpaired) electrons. The van der Waals surface area contributed by atoms with E-state index < -0.39 is 0 Å². The van der Waals surface area contributed by atoms with Crippen LogP contribution in [-0.2, 0) is 4.74 Å². The highest BCUT2D eigenvalue weighted by molar-refractivity contribution is 14.0. The van der Waals surface area contributed by atoms with E-state index in [0.717, 1.165) is 38.6 Å². The average Bonchev–Trinajstić information content (AvgIpc) is 2.72. The van der Waals surface area contributed by atoms with Gasteiger partial charge in [-0.2, -0.15) is 0 Å². The second-order valence-electron chi connectivity index (χ2n) is 8.45. The molecule has 2 aliphatic heterocycles. The zero-order valence-corrected chi connectivity index (χ0v) is 20.7. The van der Waals surface area contributed by atoms with E-state index in [4.69, 9.17) is 9.73 Å². The number of ether oxygens (including phenoxy) is 1. The van der Waals surface area contributed by atoms with Gasteiger partial charge >= 0.3 is 0 Å². The smallest absolute Gasteiger partial charge is 0.191 e. The van der Waals surface area contributed by atoms with Gasteiger partial charge < -0.3 is 20.3 Å². The third kappa shape index (κ3) is 7.72. The normalized spacial score (nSPS) is 24.0. The molecule has 2 saturated heterocycles. The summed E-state index contributed by atoms with van der Waals surface area (Å²) in [5, 5.41) is 7.02. The highest BCUT2D eigenvalue weighted by Gasteiger charge is 2.27. The van der Waals surface area contributed by atoms with Crippen LogP contribution in [0, 0.1) is 18.8 Å². The fourth-order valence-electron chi connectivity index (χ4n) is 4.21. The zero-order valence-electron chi connectivity index (χ0n) is 18.3. The van der Waals surface area contributed by atoms with Gasteiger partial charge in [0.2, 0.25) is 0 Å². The lowest BCUT2D eigenvalue weighted by molar-refractivity contribution is -0.0265. The molecule has 0 saturated carbocycles. The molecular formula is C23H39IN4O. The number of hydrogen-bond donors (Lipinski definition) is 2. The van der Waals surface area contributed by atoms with Gasteiger partial charge in [-0.15, -0.1) is 24.0 Å². The third-order valence-corrected chi connectivity index (χ3v) is 6.07. The first-order valence-corrected chi connectivity index (χ1v) is 11.0. The minimum atomic E-state index is 0. The highest BCUT2D eigenvalue weighted by atomic mass is 127. The number of nitrogens with one attached hydrogen (secondary N) is 2. The molecule has 2 aliphatic rings. The van der Waals surface area contributed by atoms with Crippen LogP contribution in [0.3, 0.4) is 0 Å². The van der Waals surface area contributed by atoms with E-state index in [-0.39, 0.29) is 30.1 Å². The van der Waals surface area contributed by atoms with Crippen molar-refractivity contribution in [1.29, 1.82) is 0 Å². The monoisotopic (exact) mass is 514 g/mol. The number of benzene rings is 1. The number of rotatable bonds is 6. The lowest BCUT2D eigenvalue weighted by Crippen LogP contribution is -2.42. The molecule has 164 valence electrons. The van der Waals surface area contributed by atoms with E-state index in [1.165, 1.54) is 43.5 Å². The molecule has 1 aromatic rings. The molecule has 2 unspecified atom stereocenters. The van der Waals surface area contributed by atoms with Crippen LogP contribution in [-0.4, -0.2) is 57.2 Å². The lowest BCUT2D eigenvalue weighted by atomic mass is 9.89. The molecule has 2 fully saturated rings. The van der Waals surface area contributed by atoms with Crippen molar-refractivity contribution in [3.8, 4) is 0 Å². The topological polar surface area (TPSA) is 48.9 Å². The molecule has 0 aromatic heterocycles. The second-order valence-corrected chi connectivity index (χ2v) is 8.45. The van der Waals surface area contributed by atoms with Crippen LogP contribution in [0.25, 0.3) is 0 Å². The third-order valence-electron chi connectivity index (χ3n) is 6.07. The molecule has 0 aliphatic carbocycles. The van der Waals surface area contributed by atoms with Gasteiger partial charge in [-0.05, 0) is 71.1 Å². The molecule has 0 bridgehead atoms. The van der Waals surface area contributed by atoms with Crippen molar-refractivity contribution in [2.75, 3.05) is 46.4 Å². The van der Waals surface area contributed by atoms with Gasteiger partial charge in [0.25, 0.3) is 0 Å². The fraction of sp³-hybridized carbons (Fsp3) is 0.696. The number of aliphatic imine (C=N–C) groups is 1. The van der Waals surface area contributed by atoms with Crippen molar-refractivity contribution in [3.05, 3.63) is 35.4 Å². The zero-order chi connectivity index (χ0) is 19.8. The Bertz CT molecular complexity index is 614. The molecule has 3 rings (SSSR count). The first kappa shape index (κ1) is 24.4. The Hall–Kier alpha value is -0.860. The van der Waals surface area contributed by atoms with E-state index in [9.17, 15) is 0 Å². The molecule has 1 aromatic carbocycles. The van der Waals surface area contributed by atoms with Gasteiger partial charge in [0.15, 0.2) is 5.96 Å². The minimum absolute atomic E-state index is 0. The summed E-state index contributed by atoms with van der Waals surface area (Å²) in [6, 6.07) is 8.81. The van der Waals surface area contributed by atoms with Crippen LogP contribution in [0.5, 0.6) is 0 Å². The molecular weight excluding hydrogens is 475 g/mol. The maximum Gasteiger partial charge on any atom is 0.191 e. The van der Waals surface area contributed by atoms with E-state index >= 15 is 0 Å². The molecule has 6 heteroatoms. The predicted octanol–water partition coefficient (Wildman–Crippen LogP) is 3.98. The number of guanidine groups is 1. The summed E-state index contributed by atoms with van der Waals surface area (Å²) < 4.78 is 6.17. The lowest BCUT2D eigenvalue weighted by Gasteiger charge is -2.33. The summed E-state index contributed by atoms with van der Waals surface area (Å²) in [6.45, 7) is 10.2. The number of aryl methyl sites for hydroxylation is 1. The summed E-state index contributed by atoms with van der Waals surface area (Å²) >= 11 is 0. The van der Waals surface area contributed by atoms with Gasteiger partial charge in [-0.25, -0.2) is 0 Å². The van der Waals surface area contributed by atoms with Crippen LogP contribution >= 0.6 is 24.0 Å². The van der Waals surface area contributed by atoms with Crippen LogP contribution in [0.4, 0.5) is 0 Å². The largest absolute Gasteiger partial charge is 0.373 e. The van der Waals surface area contributed by atoms with Gasteiger partial charge in [-0.3, -0.25) is 4.99 Å². The predicted molar refractivity (Wildman–Crippen MR) is 132 cm³/mol. The standard InChI is InChI=1S/C23H38N4O.HI/c1-4-24-23(25-16-19-11-13-27(3)14-12-19)26-17-21-6-5-15-28-22(21)20-9-7-18(2)8-10-20;/h7-10,19,21-22H,4-6,11-17H2,1-3H3,(H2,24,25,26);1H. The number of likely N-dealkylation sites (tertiary alicyclic amines) is 1. The summed E-state index contributed by atoms with van der Waals surface area (Å²) in [6.07, 6.45) is 5.02. The molecule has 0 spiro atoms. The summed E-state index contributed by atoms with van der Waals surface area (Å²) in [5.74, 6) is 2.14. The van der Waals surface area contributed by atoms with E-state index in [0.29, 0.717) is 11.8 Å². The fourth-order valence-corrected chi connectivity index (χ4v) is 4.21. The van der Waals surface area contributed by atoms with Crippen molar-refractivity contribution >= 4 is 29.9 Å². The molecule has 2 heterocycles. The Kier molecular flexibility index (Phi) is 10.7. The van der Waals surface area contributed by atoms with Gasteiger partial charge in [0.05, 0.1) is 6.10 Å². The summed E-state index contributed by atoms with van der Waals surface area (Å²) in [7, 11) is 2.21. The molecule has 2 atom stereocenters. The first-order chi connectivity index (χ1) is 13.7. The second kappa shape index (κ2) is 12.7. The van der Waals surface area contributed by atoms with Crippen LogP contribution in [0.2, 0.25) is 0 Å². The highest BCUT2D eigenvalue weighted by Crippen LogP contribution is 2.33. The van der Waals surface area contributed by atoms with Crippen LogP contribution in [0.1, 0.15) is 49.8 Å². The van der Waals surface area contributed by atoms with E-state index in [1.807, 2.05) is 0 Å². The average molecular weight is 514 g/mol. The van der Waals surface area contributed by atoms with E-state index in [2.05, 4.69) is 60.7 Å². The van der Waals surface area contributed by atoms with E-state index in [1.54, 1.807) is 0 Å². The number of halogens is 1. The van der Waals surface area contributed by atoms with Gasteiger partial charge in [-0.1, -0.05) is 29.8 Å². The van der Waals surface area contributed by atoms with Crippen molar-refractivity contribution in [2.24, 2.45) is 16.8 Å². The van der Waals surface area contributed by atoms with Crippen molar-refractivity contribution in [3.63, 3.8) is 0 Å². The molecule has 0 amide bonds. The van der Waals surface area contributed by atoms with Gasteiger partial charge in [0.1, 0.15) is 0 Å². The number of hydrogen-bond acceptors (Lipinski definition) is 3. The molecule has 5 nitrogen and oxygen atoms in total. The Morgan fingerprint density at radius 2 is 1.86 bits per heavy atom. The Labute approximate surface area is 194 Å². The minimum Gasteiger partial charge on any atom is -0.373 e. The summed E-state index contributed by atoms with van der Waals surface area (Å²) in [5.41, 5.74) is 2.59. The number of nitrogens with zero attached hydrogens (tertiary/aromatic N) is 2. The summed E-state index contributed by atoms with van der Waals surface area (Å²) in [4.78, 5) is 7.31. The molecule has 29 heavy (non-hydrogen) atoms. The maximum atomic E-state index is 6.17. The molecule has 2 N–H and O–H groups in total. The maximum absolute atomic E-state index is 6.17. The van der Waals surface area contributed by atoms with Crippen LogP contribution in [0.15, 0.2) is 29.3 Å². The first-order valence-electron chi connectivity index (χ1n) is 11.0. The van der Waals surface area contributed by atoms with Crippen molar-refractivity contribution in [2.45, 2.75) is 45.6 Å². The Morgan fingerprint density at radius 1 is 1.14 bits per heavy atom. The van der Waals surface area contributed by atoms with Crippen molar-refractivity contribution in [1.82, 2.24) is 15.5 Å². The number of piperidine rings is 1. The van der Waals surface area contributed by atoms with Gasteiger partial charge in [0, 0.05) is 32.2 Å².